The molecule has 0 aliphatic carbocycles. The maximum Gasteiger partial charge on any atom is 0.453 e. The minimum Gasteiger partial charge on any atom is -0.321 e. The fourth-order valence-electron chi connectivity index (χ4n) is 4.17. The van der Waals surface area contributed by atoms with Gasteiger partial charge in [-0.25, -0.2) is 9.67 Å². The average molecular weight is 510 g/mol. The van der Waals surface area contributed by atoms with E-state index in [9.17, 15) is 13.2 Å². The van der Waals surface area contributed by atoms with Crippen LogP contribution in [-0.4, -0.2) is 19.7 Å². The van der Waals surface area contributed by atoms with Gasteiger partial charge in [-0.15, -0.1) is 16.4 Å². The van der Waals surface area contributed by atoms with Crippen molar-refractivity contribution in [2.75, 3.05) is 5.32 Å². The minimum atomic E-state index is -4.69. The van der Waals surface area contributed by atoms with Gasteiger partial charge in [0.05, 0.1) is 15.9 Å². The van der Waals surface area contributed by atoms with Crippen LogP contribution in [0, 0.1) is 0 Å². The number of nitrogens with zero attached hydrogens (tertiary/aromatic N) is 4. The lowest BCUT2D eigenvalue weighted by Crippen LogP contribution is -2.24. The second-order valence-corrected chi connectivity index (χ2v) is 9.39. The maximum absolute atomic E-state index is 13.6. The molecule has 1 N–H and O–H groups in total. The summed E-state index contributed by atoms with van der Waals surface area (Å²) in [5, 5.41) is 8.17. The van der Waals surface area contributed by atoms with E-state index >= 15 is 0 Å². The minimum absolute atomic E-state index is 0.00814. The van der Waals surface area contributed by atoms with Gasteiger partial charge in [-0.1, -0.05) is 66.2 Å². The number of hydrogen-bond acceptors (Lipinski definition) is 5. The van der Waals surface area contributed by atoms with E-state index in [1.165, 1.54) is 16.0 Å². The highest BCUT2D eigenvalue weighted by Gasteiger charge is 2.41. The van der Waals surface area contributed by atoms with E-state index in [0.29, 0.717) is 21.3 Å². The molecule has 174 valence electrons. The molecule has 5 aromatic rings. The van der Waals surface area contributed by atoms with Crippen molar-refractivity contribution in [3.8, 4) is 0 Å². The van der Waals surface area contributed by atoms with E-state index in [1.54, 1.807) is 24.3 Å². The highest BCUT2D eigenvalue weighted by Crippen LogP contribution is 2.46. The zero-order chi connectivity index (χ0) is 24.2. The summed E-state index contributed by atoms with van der Waals surface area (Å²) in [7, 11) is 0. The van der Waals surface area contributed by atoms with Gasteiger partial charge < -0.3 is 5.32 Å². The maximum atomic E-state index is 13.6. The van der Waals surface area contributed by atoms with Gasteiger partial charge in [-0.2, -0.15) is 18.2 Å². The molecule has 0 radical (unpaired) electrons. The molecule has 0 spiro atoms. The summed E-state index contributed by atoms with van der Waals surface area (Å²) in [6, 6.07) is 23.5. The number of aromatic nitrogens is 4. The standard InChI is InChI=1S/C25H15ClF3N5S/c26-16-12-10-15(11-13-16)21-19(14-6-2-1-3-7-14)20(22-30-17-8-4-5-9-18(17)35-22)31-24-32-23(25(27,28)29)33-34(21)24/h1-13,21H,(H,31,32,33)/t21-/m1/s1. The van der Waals surface area contributed by atoms with Crippen LogP contribution in [0.3, 0.4) is 0 Å². The van der Waals surface area contributed by atoms with Gasteiger partial charge in [-0.3, -0.25) is 0 Å². The first-order valence-electron chi connectivity index (χ1n) is 10.6. The fraction of sp³-hybridized carbons (Fsp3) is 0.0800. The highest BCUT2D eigenvalue weighted by molar-refractivity contribution is 7.19. The number of halogens is 4. The normalized spacial score (nSPS) is 15.8. The molecule has 1 aliphatic heterocycles. The lowest BCUT2D eigenvalue weighted by atomic mass is 9.90. The third-order valence-electron chi connectivity index (χ3n) is 5.69. The molecule has 1 atom stereocenters. The number of rotatable bonds is 3. The number of benzene rings is 3. The van der Waals surface area contributed by atoms with Crippen LogP contribution >= 0.6 is 22.9 Å². The zero-order valence-corrected chi connectivity index (χ0v) is 19.4. The molecule has 1 aliphatic rings. The average Bonchev–Trinajstić information content (AvgIpc) is 3.48. The van der Waals surface area contributed by atoms with Crippen LogP contribution in [0.15, 0.2) is 78.9 Å². The van der Waals surface area contributed by atoms with E-state index in [-0.39, 0.29) is 5.95 Å². The molecular weight excluding hydrogens is 495 g/mol. The largest absolute Gasteiger partial charge is 0.453 e. The summed E-state index contributed by atoms with van der Waals surface area (Å²) in [4.78, 5) is 8.59. The Morgan fingerprint density at radius 3 is 2.31 bits per heavy atom. The molecule has 0 saturated carbocycles. The molecule has 3 aromatic carbocycles. The smallest absolute Gasteiger partial charge is 0.321 e. The van der Waals surface area contributed by atoms with E-state index in [4.69, 9.17) is 16.6 Å². The van der Waals surface area contributed by atoms with Crippen molar-refractivity contribution < 1.29 is 13.2 Å². The van der Waals surface area contributed by atoms with Crippen LogP contribution in [0.1, 0.15) is 28.0 Å². The topological polar surface area (TPSA) is 55.6 Å². The van der Waals surface area contributed by atoms with E-state index < -0.39 is 18.0 Å². The molecule has 2 aromatic heterocycles. The first-order chi connectivity index (χ1) is 16.9. The van der Waals surface area contributed by atoms with Crippen molar-refractivity contribution in [3.63, 3.8) is 0 Å². The molecular formula is C25H15ClF3N5S. The Morgan fingerprint density at radius 2 is 1.60 bits per heavy atom. The van der Waals surface area contributed by atoms with Crippen molar-refractivity contribution in [2.24, 2.45) is 0 Å². The molecule has 5 nitrogen and oxygen atoms in total. The molecule has 0 unspecified atom stereocenters. The van der Waals surface area contributed by atoms with Crippen LogP contribution in [0.4, 0.5) is 19.1 Å². The molecule has 3 heterocycles. The van der Waals surface area contributed by atoms with Gasteiger partial charge in [0.15, 0.2) is 0 Å². The predicted octanol–water partition coefficient (Wildman–Crippen LogP) is 7.14. The van der Waals surface area contributed by atoms with Crippen molar-refractivity contribution in [1.29, 1.82) is 0 Å². The Labute approximate surface area is 206 Å². The molecule has 0 amide bonds. The van der Waals surface area contributed by atoms with Crippen LogP contribution in [0.2, 0.25) is 5.02 Å². The number of alkyl halides is 3. The van der Waals surface area contributed by atoms with Crippen LogP contribution in [0.5, 0.6) is 0 Å². The first-order valence-corrected chi connectivity index (χ1v) is 11.8. The van der Waals surface area contributed by atoms with Gasteiger partial charge in [0, 0.05) is 10.6 Å². The Balaban J connectivity index is 1.66. The number of allylic oxidation sites excluding steroid dienone is 1. The second kappa shape index (κ2) is 8.21. The highest BCUT2D eigenvalue weighted by atomic mass is 35.5. The number of thiazole rings is 1. The van der Waals surface area contributed by atoms with Gasteiger partial charge in [0.25, 0.3) is 5.82 Å². The number of nitrogens with one attached hydrogen (secondary N) is 1. The Morgan fingerprint density at radius 1 is 0.886 bits per heavy atom. The lowest BCUT2D eigenvalue weighted by Gasteiger charge is -2.30. The van der Waals surface area contributed by atoms with E-state index in [0.717, 1.165) is 21.4 Å². The molecule has 10 heteroatoms. The number of fused-ring (bicyclic) bond motifs is 2. The van der Waals surface area contributed by atoms with Crippen molar-refractivity contribution >= 4 is 50.4 Å². The van der Waals surface area contributed by atoms with E-state index in [2.05, 4.69) is 15.4 Å². The van der Waals surface area contributed by atoms with Gasteiger partial charge >= 0.3 is 6.18 Å². The quantitative estimate of drug-likeness (QED) is 0.281. The van der Waals surface area contributed by atoms with Gasteiger partial charge in [0.1, 0.15) is 11.0 Å². The third-order valence-corrected chi connectivity index (χ3v) is 6.99. The first kappa shape index (κ1) is 21.8. The Bertz CT molecular complexity index is 1540. The van der Waals surface area contributed by atoms with Crippen molar-refractivity contribution in [2.45, 2.75) is 12.2 Å². The number of para-hydroxylation sites is 1. The van der Waals surface area contributed by atoms with Crippen LogP contribution in [-0.2, 0) is 6.18 Å². The fourth-order valence-corrected chi connectivity index (χ4v) is 5.27. The summed E-state index contributed by atoms with van der Waals surface area (Å²) < 4.78 is 43.1. The van der Waals surface area contributed by atoms with Crippen molar-refractivity contribution in [3.05, 3.63) is 106 Å². The summed E-state index contributed by atoms with van der Waals surface area (Å²) >= 11 is 7.58. The number of hydrogen-bond donors (Lipinski definition) is 1. The Kier molecular flexibility index (Phi) is 5.12. The molecule has 0 fully saturated rings. The zero-order valence-electron chi connectivity index (χ0n) is 17.8. The molecule has 35 heavy (non-hydrogen) atoms. The Hall–Kier alpha value is -3.69. The second-order valence-electron chi connectivity index (χ2n) is 7.92. The summed E-state index contributed by atoms with van der Waals surface area (Å²) in [5.41, 5.74) is 3.67. The summed E-state index contributed by atoms with van der Waals surface area (Å²) in [6.07, 6.45) is -4.69. The SMILES string of the molecule is FC(F)(F)c1nc2n(n1)[C@H](c1ccc(Cl)cc1)C(c1ccccc1)=C(c1nc3ccccc3s1)N2. The van der Waals surface area contributed by atoms with Crippen LogP contribution < -0.4 is 5.32 Å². The van der Waals surface area contributed by atoms with Gasteiger partial charge in [0.2, 0.25) is 5.95 Å². The molecule has 0 bridgehead atoms. The lowest BCUT2D eigenvalue weighted by molar-refractivity contribution is -0.145. The molecule has 6 rings (SSSR count). The van der Waals surface area contributed by atoms with Crippen LogP contribution in [0.25, 0.3) is 21.5 Å². The predicted molar refractivity (Wildman–Crippen MR) is 131 cm³/mol. The third kappa shape index (κ3) is 3.86. The molecule has 0 saturated heterocycles. The summed E-state index contributed by atoms with van der Waals surface area (Å²) in [5.74, 6) is -1.22. The van der Waals surface area contributed by atoms with Gasteiger partial charge in [-0.05, 0) is 35.4 Å². The summed E-state index contributed by atoms with van der Waals surface area (Å²) in [6.45, 7) is 0. The number of anilines is 1. The monoisotopic (exact) mass is 509 g/mol. The van der Waals surface area contributed by atoms with E-state index in [1.807, 2.05) is 54.6 Å². The van der Waals surface area contributed by atoms with Crippen molar-refractivity contribution in [1.82, 2.24) is 19.7 Å².